The molecule has 0 heterocycles. The van der Waals surface area contributed by atoms with Crippen molar-refractivity contribution in [2.24, 2.45) is 5.10 Å². The number of benzene rings is 2. The van der Waals surface area contributed by atoms with Gasteiger partial charge in [-0.3, -0.25) is 14.4 Å². The third-order valence-electron chi connectivity index (χ3n) is 3.82. The van der Waals surface area contributed by atoms with Gasteiger partial charge in [0.2, 0.25) is 0 Å². The highest BCUT2D eigenvalue weighted by atomic mass is 16.5. The fourth-order valence-corrected chi connectivity index (χ4v) is 2.29. The molecular weight excluding hydrogens is 404 g/mol. The Hall–Kier alpha value is -3.92. The van der Waals surface area contributed by atoms with E-state index in [-0.39, 0.29) is 19.1 Å². The number of anilines is 1. The largest absolute Gasteiger partial charge is 0.497 e. The van der Waals surface area contributed by atoms with Crippen molar-refractivity contribution in [3.63, 3.8) is 0 Å². The van der Waals surface area contributed by atoms with Gasteiger partial charge in [0.15, 0.2) is 6.61 Å². The van der Waals surface area contributed by atoms with Gasteiger partial charge in [0, 0.05) is 24.9 Å². The first-order valence-corrected chi connectivity index (χ1v) is 9.29. The summed E-state index contributed by atoms with van der Waals surface area (Å²) in [6, 6.07) is 13.7. The zero-order chi connectivity index (χ0) is 22.5. The van der Waals surface area contributed by atoms with Crippen LogP contribution in [0.15, 0.2) is 53.6 Å². The summed E-state index contributed by atoms with van der Waals surface area (Å²) in [5, 5.41) is 8.84. The molecule has 31 heavy (non-hydrogen) atoms. The number of rotatable bonds is 10. The first-order valence-electron chi connectivity index (χ1n) is 9.29. The Labute approximate surface area is 179 Å². The minimum absolute atomic E-state index is 0.210. The second-order valence-electron chi connectivity index (χ2n) is 6.05. The standard InChI is InChI=1S/C21H24N4O6/c1-29-12-11-22-20(27)21(28)25-23-13-15-5-3-4-6-18(15)31-14-19(26)24-16-7-9-17(30-2)10-8-16/h3-10,13H,11-12,14H2,1-2H3,(H,22,27)(H,24,26)(H,25,28)/b23-13-. The van der Waals surface area contributed by atoms with Crippen LogP contribution in [0.5, 0.6) is 11.5 Å². The van der Waals surface area contributed by atoms with Gasteiger partial charge in [-0.05, 0) is 36.4 Å². The average Bonchev–Trinajstić information content (AvgIpc) is 2.79. The van der Waals surface area contributed by atoms with Gasteiger partial charge in [-0.25, -0.2) is 5.43 Å². The molecule has 0 spiro atoms. The maximum absolute atomic E-state index is 12.1. The van der Waals surface area contributed by atoms with Crippen molar-refractivity contribution in [3.05, 3.63) is 54.1 Å². The topological polar surface area (TPSA) is 127 Å². The quantitative estimate of drug-likeness (QED) is 0.224. The van der Waals surface area contributed by atoms with E-state index in [4.69, 9.17) is 14.2 Å². The van der Waals surface area contributed by atoms with E-state index < -0.39 is 11.8 Å². The highest BCUT2D eigenvalue weighted by molar-refractivity contribution is 6.35. The minimum Gasteiger partial charge on any atom is -0.497 e. The average molecular weight is 428 g/mol. The van der Waals surface area contributed by atoms with Crippen LogP contribution in [-0.4, -0.2) is 57.9 Å². The molecule has 3 amide bonds. The number of methoxy groups -OCH3 is 2. The smallest absolute Gasteiger partial charge is 0.329 e. The molecule has 0 unspecified atom stereocenters. The third kappa shape index (κ3) is 8.15. The van der Waals surface area contributed by atoms with E-state index in [0.717, 1.165) is 0 Å². The Kier molecular flexibility index (Phi) is 9.50. The Bertz CT molecular complexity index is 914. The van der Waals surface area contributed by atoms with Crippen molar-refractivity contribution in [1.29, 1.82) is 0 Å². The summed E-state index contributed by atoms with van der Waals surface area (Å²) in [5.74, 6) is -1.02. The predicted octanol–water partition coefficient (Wildman–Crippen LogP) is 0.925. The summed E-state index contributed by atoms with van der Waals surface area (Å²) in [4.78, 5) is 35.4. The van der Waals surface area contributed by atoms with Crippen LogP contribution in [0.3, 0.4) is 0 Å². The van der Waals surface area contributed by atoms with E-state index in [1.54, 1.807) is 55.6 Å². The van der Waals surface area contributed by atoms with Crippen molar-refractivity contribution < 1.29 is 28.6 Å². The van der Waals surface area contributed by atoms with Crippen LogP contribution >= 0.6 is 0 Å². The molecule has 0 bridgehead atoms. The van der Waals surface area contributed by atoms with Crippen LogP contribution in [0.4, 0.5) is 5.69 Å². The Morgan fingerprint density at radius 3 is 2.45 bits per heavy atom. The van der Waals surface area contributed by atoms with Crippen LogP contribution < -0.4 is 25.5 Å². The van der Waals surface area contributed by atoms with Crippen LogP contribution in [0.1, 0.15) is 5.56 Å². The van der Waals surface area contributed by atoms with Crippen LogP contribution in [-0.2, 0) is 19.1 Å². The number of hydrazone groups is 1. The van der Waals surface area contributed by atoms with E-state index in [1.807, 2.05) is 0 Å². The molecule has 0 saturated carbocycles. The summed E-state index contributed by atoms with van der Waals surface area (Å²) in [6.45, 7) is 0.270. The molecule has 0 saturated heterocycles. The summed E-state index contributed by atoms with van der Waals surface area (Å²) < 4.78 is 15.4. The van der Waals surface area contributed by atoms with Crippen molar-refractivity contribution >= 4 is 29.6 Å². The second-order valence-corrected chi connectivity index (χ2v) is 6.05. The molecule has 2 aromatic carbocycles. The van der Waals surface area contributed by atoms with Crippen LogP contribution in [0.25, 0.3) is 0 Å². The number of carbonyl (C=O) groups is 3. The van der Waals surface area contributed by atoms with Gasteiger partial charge in [-0.15, -0.1) is 0 Å². The molecule has 0 radical (unpaired) electrons. The van der Waals surface area contributed by atoms with E-state index in [2.05, 4.69) is 21.2 Å². The number of amides is 3. The normalized spacial score (nSPS) is 10.4. The summed E-state index contributed by atoms with van der Waals surface area (Å²) >= 11 is 0. The summed E-state index contributed by atoms with van der Waals surface area (Å²) in [7, 11) is 3.05. The van der Waals surface area contributed by atoms with Gasteiger partial charge in [0.05, 0.1) is 19.9 Å². The first kappa shape index (κ1) is 23.4. The Morgan fingerprint density at radius 2 is 1.74 bits per heavy atom. The summed E-state index contributed by atoms with van der Waals surface area (Å²) in [5.41, 5.74) is 3.25. The molecule has 0 aliphatic rings. The molecule has 0 aliphatic carbocycles. The molecule has 10 heteroatoms. The fourth-order valence-electron chi connectivity index (χ4n) is 2.29. The zero-order valence-corrected chi connectivity index (χ0v) is 17.2. The van der Waals surface area contributed by atoms with Gasteiger partial charge < -0.3 is 24.8 Å². The van der Waals surface area contributed by atoms with Crippen molar-refractivity contribution in [3.8, 4) is 11.5 Å². The molecule has 0 aromatic heterocycles. The molecule has 0 aliphatic heterocycles. The second kappa shape index (κ2) is 12.6. The summed E-state index contributed by atoms with van der Waals surface area (Å²) in [6.07, 6.45) is 1.32. The van der Waals surface area contributed by atoms with Crippen LogP contribution in [0, 0.1) is 0 Å². The fraction of sp³-hybridized carbons (Fsp3) is 0.238. The molecular formula is C21H24N4O6. The molecule has 2 rings (SSSR count). The SMILES string of the molecule is COCCNC(=O)C(=O)N/N=C\c1ccccc1OCC(=O)Nc1ccc(OC)cc1. The van der Waals surface area contributed by atoms with E-state index >= 15 is 0 Å². The minimum atomic E-state index is -0.912. The number of ether oxygens (including phenoxy) is 3. The van der Waals surface area contributed by atoms with Crippen LogP contribution in [0.2, 0.25) is 0 Å². The Balaban J connectivity index is 1.86. The number of hydrogen-bond acceptors (Lipinski definition) is 7. The Morgan fingerprint density at radius 1 is 1.00 bits per heavy atom. The number of hydrogen-bond donors (Lipinski definition) is 3. The number of nitrogens with one attached hydrogen (secondary N) is 3. The molecule has 0 fully saturated rings. The van der Waals surface area contributed by atoms with Gasteiger partial charge >= 0.3 is 11.8 Å². The molecule has 2 aromatic rings. The number of carbonyl (C=O) groups excluding carboxylic acids is 3. The maximum atomic E-state index is 12.1. The van der Waals surface area contributed by atoms with Gasteiger partial charge in [-0.1, -0.05) is 12.1 Å². The monoisotopic (exact) mass is 428 g/mol. The van der Waals surface area contributed by atoms with E-state index in [9.17, 15) is 14.4 Å². The first-order chi connectivity index (χ1) is 15.0. The lowest BCUT2D eigenvalue weighted by molar-refractivity contribution is -0.139. The highest BCUT2D eigenvalue weighted by Gasteiger charge is 2.11. The van der Waals surface area contributed by atoms with Gasteiger partial charge in [0.25, 0.3) is 5.91 Å². The molecule has 164 valence electrons. The lowest BCUT2D eigenvalue weighted by Gasteiger charge is -2.10. The van der Waals surface area contributed by atoms with Crippen molar-refractivity contribution in [2.45, 2.75) is 0 Å². The molecule has 10 nitrogen and oxygen atoms in total. The predicted molar refractivity (Wildman–Crippen MR) is 114 cm³/mol. The number of nitrogens with zero attached hydrogens (tertiary/aromatic N) is 1. The highest BCUT2D eigenvalue weighted by Crippen LogP contribution is 2.17. The number of para-hydroxylation sites is 1. The van der Waals surface area contributed by atoms with Gasteiger partial charge in [-0.2, -0.15) is 5.10 Å². The zero-order valence-electron chi connectivity index (χ0n) is 17.2. The van der Waals surface area contributed by atoms with Crippen molar-refractivity contribution in [2.75, 3.05) is 39.3 Å². The van der Waals surface area contributed by atoms with Crippen molar-refractivity contribution in [1.82, 2.24) is 10.7 Å². The lowest BCUT2D eigenvalue weighted by Crippen LogP contribution is -2.39. The molecule has 3 N–H and O–H groups in total. The van der Waals surface area contributed by atoms with E-state index in [0.29, 0.717) is 29.4 Å². The third-order valence-corrected chi connectivity index (χ3v) is 3.82. The molecule has 0 atom stereocenters. The van der Waals surface area contributed by atoms with Gasteiger partial charge in [0.1, 0.15) is 11.5 Å². The lowest BCUT2D eigenvalue weighted by atomic mass is 10.2. The van der Waals surface area contributed by atoms with E-state index in [1.165, 1.54) is 13.3 Å². The maximum Gasteiger partial charge on any atom is 0.329 e.